The smallest absolute Gasteiger partial charge is 0.119 e. The van der Waals surface area contributed by atoms with Crippen LogP contribution in [0.1, 0.15) is 20.3 Å². The zero-order chi connectivity index (χ0) is 15.1. The first kappa shape index (κ1) is 16.1. The molecule has 4 heteroatoms. The molecule has 1 aromatic rings. The molecule has 0 bridgehead atoms. The summed E-state index contributed by atoms with van der Waals surface area (Å²) >= 11 is 0. The number of nitrogens with zero attached hydrogens (tertiary/aromatic N) is 2. The van der Waals surface area contributed by atoms with Gasteiger partial charge in [-0.3, -0.25) is 4.90 Å². The monoisotopic (exact) mass is 291 g/mol. The molecule has 0 aromatic heterocycles. The number of anilines is 1. The van der Waals surface area contributed by atoms with Crippen LogP contribution in [0.2, 0.25) is 0 Å². The van der Waals surface area contributed by atoms with Gasteiger partial charge in [0, 0.05) is 31.9 Å². The largest absolute Gasteiger partial charge is 0.493 e. The van der Waals surface area contributed by atoms with Crippen LogP contribution in [-0.4, -0.2) is 50.8 Å². The minimum atomic E-state index is 0.561. The number of hydrogen-bond donors (Lipinski definition) is 1. The van der Waals surface area contributed by atoms with Crippen LogP contribution in [0.25, 0.3) is 0 Å². The standard InChI is InChI=1S/C17H29N3O/c1-15(2)14-21-17-6-4-16(5-7-17)20-12-10-19(11-13-20)9-3-8-18/h4-7,15H,3,8-14,18H2,1-2H3. The summed E-state index contributed by atoms with van der Waals surface area (Å²) in [6.07, 6.45) is 1.10. The normalized spacial score (nSPS) is 16.5. The van der Waals surface area contributed by atoms with E-state index in [1.807, 2.05) is 0 Å². The highest BCUT2D eigenvalue weighted by molar-refractivity contribution is 5.49. The summed E-state index contributed by atoms with van der Waals surface area (Å²) in [5.74, 6) is 1.53. The maximum Gasteiger partial charge on any atom is 0.119 e. The predicted octanol–water partition coefficient (Wildman–Crippen LogP) is 2.19. The number of ether oxygens (including phenoxy) is 1. The summed E-state index contributed by atoms with van der Waals surface area (Å²) in [6, 6.07) is 8.51. The summed E-state index contributed by atoms with van der Waals surface area (Å²) in [4.78, 5) is 4.95. The molecule has 1 aromatic carbocycles. The fourth-order valence-electron chi connectivity index (χ4n) is 2.56. The lowest BCUT2D eigenvalue weighted by molar-refractivity contribution is 0.256. The number of nitrogens with two attached hydrogens (primary N) is 1. The number of piperazine rings is 1. The van der Waals surface area contributed by atoms with Crippen molar-refractivity contribution in [1.82, 2.24) is 4.90 Å². The summed E-state index contributed by atoms with van der Waals surface area (Å²) in [5, 5.41) is 0. The van der Waals surface area contributed by atoms with Crippen molar-refractivity contribution in [3.05, 3.63) is 24.3 Å². The Morgan fingerprint density at radius 1 is 1.10 bits per heavy atom. The molecule has 118 valence electrons. The van der Waals surface area contributed by atoms with Crippen LogP contribution in [0.5, 0.6) is 5.75 Å². The fourth-order valence-corrected chi connectivity index (χ4v) is 2.56. The summed E-state index contributed by atoms with van der Waals surface area (Å²) < 4.78 is 5.73. The zero-order valence-corrected chi connectivity index (χ0v) is 13.4. The van der Waals surface area contributed by atoms with E-state index in [9.17, 15) is 0 Å². The molecule has 0 unspecified atom stereocenters. The van der Waals surface area contributed by atoms with Crippen LogP contribution in [0.4, 0.5) is 5.69 Å². The molecule has 1 heterocycles. The van der Waals surface area contributed by atoms with Crippen molar-refractivity contribution in [3.8, 4) is 5.75 Å². The second kappa shape index (κ2) is 8.25. The lowest BCUT2D eigenvalue weighted by Crippen LogP contribution is -2.46. The van der Waals surface area contributed by atoms with Gasteiger partial charge in [0.15, 0.2) is 0 Å². The minimum Gasteiger partial charge on any atom is -0.493 e. The molecule has 21 heavy (non-hydrogen) atoms. The van der Waals surface area contributed by atoms with Crippen LogP contribution in [0, 0.1) is 5.92 Å². The lowest BCUT2D eigenvalue weighted by atomic mass is 10.2. The first-order valence-corrected chi connectivity index (χ1v) is 8.09. The van der Waals surface area contributed by atoms with E-state index in [-0.39, 0.29) is 0 Å². The van der Waals surface area contributed by atoms with Crippen molar-refractivity contribution in [2.75, 3.05) is 50.8 Å². The van der Waals surface area contributed by atoms with Crippen molar-refractivity contribution < 1.29 is 4.74 Å². The van der Waals surface area contributed by atoms with Crippen LogP contribution < -0.4 is 15.4 Å². The van der Waals surface area contributed by atoms with Gasteiger partial charge in [-0.1, -0.05) is 13.8 Å². The van der Waals surface area contributed by atoms with Gasteiger partial charge in [-0.15, -0.1) is 0 Å². The average Bonchev–Trinajstić information content (AvgIpc) is 2.52. The van der Waals surface area contributed by atoms with Crippen LogP contribution >= 0.6 is 0 Å². The average molecular weight is 291 g/mol. The first-order valence-electron chi connectivity index (χ1n) is 8.09. The molecule has 0 aliphatic carbocycles. The highest BCUT2D eigenvalue weighted by Crippen LogP contribution is 2.21. The quantitative estimate of drug-likeness (QED) is 0.836. The third-order valence-electron chi connectivity index (χ3n) is 3.84. The Balaban J connectivity index is 1.80. The summed E-state index contributed by atoms with van der Waals surface area (Å²) in [7, 11) is 0. The molecule has 0 atom stereocenters. The van der Waals surface area contributed by atoms with Gasteiger partial charge in [-0.05, 0) is 49.7 Å². The van der Waals surface area contributed by atoms with Gasteiger partial charge >= 0.3 is 0 Å². The molecule has 1 aliphatic heterocycles. The van der Waals surface area contributed by atoms with Gasteiger partial charge < -0.3 is 15.4 Å². The molecule has 0 saturated carbocycles. The molecule has 1 fully saturated rings. The van der Waals surface area contributed by atoms with E-state index in [4.69, 9.17) is 10.5 Å². The van der Waals surface area contributed by atoms with Crippen LogP contribution in [0.15, 0.2) is 24.3 Å². The Morgan fingerprint density at radius 2 is 1.76 bits per heavy atom. The van der Waals surface area contributed by atoms with Crippen molar-refractivity contribution in [1.29, 1.82) is 0 Å². The third-order valence-corrected chi connectivity index (χ3v) is 3.84. The second-order valence-electron chi connectivity index (χ2n) is 6.17. The molecular formula is C17H29N3O. The number of benzene rings is 1. The second-order valence-corrected chi connectivity index (χ2v) is 6.17. The van der Waals surface area contributed by atoms with Crippen molar-refractivity contribution >= 4 is 5.69 Å². The molecule has 0 amide bonds. The molecule has 0 radical (unpaired) electrons. The molecule has 4 nitrogen and oxygen atoms in total. The topological polar surface area (TPSA) is 41.7 Å². The SMILES string of the molecule is CC(C)COc1ccc(N2CCN(CCCN)CC2)cc1. The van der Waals surface area contributed by atoms with E-state index in [1.165, 1.54) is 5.69 Å². The van der Waals surface area contributed by atoms with E-state index < -0.39 is 0 Å². The number of hydrogen-bond acceptors (Lipinski definition) is 4. The van der Waals surface area contributed by atoms with Crippen LogP contribution in [0.3, 0.4) is 0 Å². The predicted molar refractivity (Wildman–Crippen MR) is 89.1 cm³/mol. The Bertz CT molecular complexity index is 397. The van der Waals surface area contributed by atoms with Crippen molar-refractivity contribution in [2.24, 2.45) is 11.7 Å². The Hall–Kier alpha value is -1.26. The van der Waals surface area contributed by atoms with Gasteiger partial charge in [0.05, 0.1) is 6.61 Å². The minimum absolute atomic E-state index is 0.561. The maximum absolute atomic E-state index is 5.73. The highest BCUT2D eigenvalue weighted by Gasteiger charge is 2.16. The molecule has 1 aliphatic rings. The molecular weight excluding hydrogens is 262 g/mol. The van der Waals surface area contributed by atoms with Gasteiger partial charge in [0.25, 0.3) is 0 Å². The van der Waals surface area contributed by atoms with Gasteiger partial charge in [-0.2, -0.15) is 0 Å². The number of rotatable bonds is 7. The van der Waals surface area contributed by atoms with Gasteiger partial charge in [0.1, 0.15) is 5.75 Å². The zero-order valence-electron chi connectivity index (χ0n) is 13.4. The Kier molecular flexibility index (Phi) is 6.33. The third kappa shape index (κ3) is 5.21. The lowest BCUT2D eigenvalue weighted by Gasteiger charge is -2.36. The fraction of sp³-hybridized carbons (Fsp3) is 0.647. The van der Waals surface area contributed by atoms with Gasteiger partial charge in [-0.25, -0.2) is 0 Å². The summed E-state index contributed by atoms with van der Waals surface area (Å²) in [5.41, 5.74) is 6.87. The van der Waals surface area contributed by atoms with E-state index in [0.29, 0.717) is 5.92 Å². The highest BCUT2D eigenvalue weighted by atomic mass is 16.5. The molecule has 0 spiro atoms. The Morgan fingerprint density at radius 3 is 2.33 bits per heavy atom. The van der Waals surface area contributed by atoms with E-state index in [0.717, 1.165) is 58.0 Å². The maximum atomic E-state index is 5.73. The van der Waals surface area contributed by atoms with E-state index in [1.54, 1.807) is 0 Å². The molecule has 2 N–H and O–H groups in total. The van der Waals surface area contributed by atoms with Crippen molar-refractivity contribution in [3.63, 3.8) is 0 Å². The summed E-state index contributed by atoms with van der Waals surface area (Å²) in [6.45, 7) is 11.5. The van der Waals surface area contributed by atoms with E-state index in [2.05, 4.69) is 47.9 Å². The Labute approximate surface area is 128 Å². The van der Waals surface area contributed by atoms with Gasteiger partial charge in [0.2, 0.25) is 0 Å². The first-order chi connectivity index (χ1) is 10.2. The molecule has 1 saturated heterocycles. The van der Waals surface area contributed by atoms with Crippen molar-refractivity contribution in [2.45, 2.75) is 20.3 Å². The molecule has 2 rings (SSSR count). The van der Waals surface area contributed by atoms with E-state index >= 15 is 0 Å². The van der Waals surface area contributed by atoms with Crippen LogP contribution in [-0.2, 0) is 0 Å².